The number of carbonyl (C=O) groups excluding carboxylic acids is 3. The largest absolute Gasteiger partial charge is 0.383 e. The minimum absolute atomic E-state index is 0.218. The molecule has 0 unspecified atom stereocenters. The van der Waals surface area contributed by atoms with Gasteiger partial charge in [-0.2, -0.15) is 0 Å². The van der Waals surface area contributed by atoms with Gasteiger partial charge in [0.1, 0.15) is 12.1 Å². The zero-order valence-electron chi connectivity index (χ0n) is 12.9. The number of hydrogen-bond donors (Lipinski definition) is 3. The minimum Gasteiger partial charge on any atom is -0.383 e. The smallest absolute Gasteiger partial charge is 0.325 e. The Morgan fingerprint density at radius 1 is 1.27 bits per heavy atom. The quantitative estimate of drug-likeness (QED) is 0.403. The van der Waals surface area contributed by atoms with E-state index < -0.39 is 11.6 Å². The fraction of sp³-hybridized carbons (Fsp3) is 0.786. The average Bonchev–Trinajstić information content (AvgIpc) is 3.04. The van der Waals surface area contributed by atoms with Crippen LogP contribution in [0.5, 0.6) is 0 Å². The van der Waals surface area contributed by atoms with Crippen molar-refractivity contribution in [3.05, 3.63) is 0 Å². The molecule has 1 saturated heterocycles. The van der Waals surface area contributed by atoms with E-state index in [1.807, 2.05) is 0 Å². The first-order valence-electron chi connectivity index (χ1n) is 7.69. The lowest BCUT2D eigenvalue weighted by atomic mass is 9.98. The number of rotatable bonds is 8. The molecule has 0 atom stereocenters. The Bertz CT molecular complexity index is 435. The van der Waals surface area contributed by atoms with Gasteiger partial charge in [-0.25, -0.2) is 4.79 Å². The van der Waals surface area contributed by atoms with Crippen LogP contribution in [0.3, 0.4) is 0 Å². The Balaban J connectivity index is 1.72. The summed E-state index contributed by atoms with van der Waals surface area (Å²) in [6.45, 7) is 2.15. The van der Waals surface area contributed by atoms with Gasteiger partial charge in [0.25, 0.3) is 5.91 Å². The van der Waals surface area contributed by atoms with Crippen molar-refractivity contribution < 1.29 is 19.1 Å². The molecule has 1 saturated carbocycles. The first-order chi connectivity index (χ1) is 10.6. The number of imide groups is 1. The Labute approximate surface area is 129 Å². The predicted octanol–water partition coefficient (Wildman–Crippen LogP) is -0.797. The van der Waals surface area contributed by atoms with Crippen LogP contribution < -0.4 is 16.0 Å². The molecule has 1 aliphatic heterocycles. The molecular formula is C14H24N4O4. The second kappa shape index (κ2) is 7.55. The van der Waals surface area contributed by atoms with Crippen LogP contribution in [-0.2, 0) is 14.3 Å². The van der Waals surface area contributed by atoms with Crippen LogP contribution in [0, 0.1) is 0 Å². The van der Waals surface area contributed by atoms with E-state index in [0.29, 0.717) is 39.1 Å². The highest BCUT2D eigenvalue weighted by molar-refractivity contribution is 6.09. The molecule has 2 fully saturated rings. The molecule has 8 nitrogen and oxygen atoms in total. The SMILES string of the molecule is COCCNCCNC(=O)CN1C(=O)NC2(CCCC2)C1=O. The highest BCUT2D eigenvalue weighted by Gasteiger charge is 2.52. The Morgan fingerprint density at radius 3 is 2.68 bits per heavy atom. The molecular weight excluding hydrogens is 288 g/mol. The average molecular weight is 312 g/mol. The molecule has 0 bridgehead atoms. The minimum atomic E-state index is -0.751. The number of nitrogens with one attached hydrogen (secondary N) is 3. The lowest BCUT2D eigenvalue weighted by Crippen LogP contribution is -2.45. The van der Waals surface area contributed by atoms with Crippen molar-refractivity contribution in [1.29, 1.82) is 0 Å². The summed E-state index contributed by atoms with van der Waals surface area (Å²) in [5.74, 6) is -0.588. The van der Waals surface area contributed by atoms with Gasteiger partial charge in [0, 0.05) is 26.7 Å². The van der Waals surface area contributed by atoms with Crippen molar-refractivity contribution in [3.63, 3.8) is 0 Å². The van der Waals surface area contributed by atoms with Crippen LogP contribution in [0.15, 0.2) is 0 Å². The molecule has 0 radical (unpaired) electrons. The first kappa shape index (κ1) is 16.7. The van der Waals surface area contributed by atoms with Crippen molar-refractivity contribution >= 4 is 17.8 Å². The number of nitrogens with zero attached hydrogens (tertiary/aromatic N) is 1. The lowest BCUT2D eigenvalue weighted by Gasteiger charge is -2.19. The van der Waals surface area contributed by atoms with E-state index in [-0.39, 0.29) is 18.4 Å². The number of amides is 4. The monoisotopic (exact) mass is 312 g/mol. The van der Waals surface area contributed by atoms with Crippen molar-refractivity contribution in [2.75, 3.05) is 39.9 Å². The van der Waals surface area contributed by atoms with Crippen molar-refractivity contribution in [3.8, 4) is 0 Å². The van der Waals surface area contributed by atoms with Gasteiger partial charge in [-0.3, -0.25) is 14.5 Å². The van der Waals surface area contributed by atoms with Gasteiger partial charge < -0.3 is 20.7 Å². The number of urea groups is 1. The van der Waals surface area contributed by atoms with Gasteiger partial charge >= 0.3 is 6.03 Å². The normalized spacial score (nSPS) is 19.8. The zero-order valence-corrected chi connectivity index (χ0v) is 12.9. The standard InChI is InChI=1S/C14H24N4O4/c1-22-9-8-15-6-7-16-11(19)10-18-12(20)14(17-13(18)21)4-2-3-5-14/h15H,2-10H2,1H3,(H,16,19)(H,17,21). The lowest BCUT2D eigenvalue weighted by molar-refractivity contribution is -0.134. The van der Waals surface area contributed by atoms with Gasteiger partial charge in [-0.15, -0.1) is 0 Å². The summed E-state index contributed by atoms with van der Waals surface area (Å²) in [6, 6.07) is -0.458. The second-order valence-corrected chi connectivity index (χ2v) is 5.70. The van der Waals surface area contributed by atoms with Crippen LogP contribution in [0.2, 0.25) is 0 Å². The molecule has 0 aromatic carbocycles. The van der Waals surface area contributed by atoms with E-state index in [1.54, 1.807) is 7.11 Å². The maximum absolute atomic E-state index is 12.4. The number of ether oxygens (including phenoxy) is 1. The first-order valence-corrected chi connectivity index (χ1v) is 7.69. The fourth-order valence-electron chi connectivity index (χ4n) is 2.93. The molecule has 0 aromatic rings. The van der Waals surface area contributed by atoms with Gasteiger partial charge in [-0.1, -0.05) is 12.8 Å². The van der Waals surface area contributed by atoms with E-state index >= 15 is 0 Å². The second-order valence-electron chi connectivity index (χ2n) is 5.70. The maximum Gasteiger partial charge on any atom is 0.325 e. The molecule has 22 heavy (non-hydrogen) atoms. The molecule has 0 aromatic heterocycles. The van der Waals surface area contributed by atoms with Crippen LogP contribution in [0.1, 0.15) is 25.7 Å². The summed E-state index contributed by atoms with van der Waals surface area (Å²) in [6.07, 6.45) is 3.19. The predicted molar refractivity (Wildman–Crippen MR) is 79.2 cm³/mol. The molecule has 124 valence electrons. The van der Waals surface area contributed by atoms with Crippen LogP contribution >= 0.6 is 0 Å². The summed E-state index contributed by atoms with van der Waals surface area (Å²) in [5.41, 5.74) is -0.751. The summed E-state index contributed by atoms with van der Waals surface area (Å²) in [7, 11) is 1.62. The van der Waals surface area contributed by atoms with Crippen LogP contribution in [0.4, 0.5) is 4.79 Å². The van der Waals surface area contributed by atoms with Crippen molar-refractivity contribution in [2.45, 2.75) is 31.2 Å². The zero-order chi connectivity index (χ0) is 16.0. The molecule has 2 rings (SSSR count). The number of carbonyl (C=O) groups is 3. The molecule has 1 aliphatic carbocycles. The summed E-state index contributed by atoms with van der Waals surface area (Å²) in [4.78, 5) is 37.1. The third-order valence-electron chi connectivity index (χ3n) is 4.11. The molecule has 1 heterocycles. The molecule has 2 aliphatic rings. The van der Waals surface area contributed by atoms with Gasteiger partial charge in [0.05, 0.1) is 6.61 Å². The van der Waals surface area contributed by atoms with Crippen molar-refractivity contribution in [1.82, 2.24) is 20.9 Å². The van der Waals surface area contributed by atoms with E-state index in [2.05, 4.69) is 16.0 Å². The highest BCUT2D eigenvalue weighted by Crippen LogP contribution is 2.34. The number of methoxy groups -OCH3 is 1. The van der Waals surface area contributed by atoms with E-state index in [1.165, 1.54) is 0 Å². The fourth-order valence-corrected chi connectivity index (χ4v) is 2.93. The van der Waals surface area contributed by atoms with Gasteiger partial charge in [0.2, 0.25) is 5.91 Å². The summed E-state index contributed by atoms with van der Waals surface area (Å²) < 4.78 is 4.89. The van der Waals surface area contributed by atoms with E-state index in [9.17, 15) is 14.4 Å². The summed E-state index contributed by atoms with van der Waals surface area (Å²) >= 11 is 0. The summed E-state index contributed by atoms with van der Waals surface area (Å²) in [5, 5.41) is 8.54. The Hall–Kier alpha value is -1.67. The van der Waals surface area contributed by atoms with E-state index in [4.69, 9.17) is 4.74 Å². The molecule has 1 spiro atoms. The Morgan fingerprint density at radius 2 is 2.00 bits per heavy atom. The molecule has 8 heteroatoms. The third-order valence-corrected chi connectivity index (χ3v) is 4.11. The third kappa shape index (κ3) is 3.75. The van der Waals surface area contributed by atoms with E-state index in [0.717, 1.165) is 17.7 Å². The Kier molecular flexibility index (Phi) is 5.73. The highest BCUT2D eigenvalue weighted by atomic mass is 16.5. The maximum atomic E-state index is 12.4. The topological polar surface area (TPSA) is 99.8 Å². The van der Waals surface area contributed by atoms with Crippen molar-refractivity contribution in [2.24, 2.45) is 0 Å². The van der Waals surface area contributed by atoms with Crippen LogP contribution in [-0.4, -0.2) is 68.2 Å². The number of hydrogen-bond acceptors (Lipinski definition) is 5. The molecule has 3 N–H and O–H groups in total. The van der Waals surface area contributed by atoms with Gasteiger partial charge in [0.15, 0.2) is 0 Å². The molecule has 4 amide bonds. The van der Waals surface area contributed by atoms with Crippen LogP contribution in [0.25, 0.3) is 0 Å². The van der Waals surface area contributed by atoms with Gasteiger partial charge in [-0.05, 0) is 12.8 Å².